The molecule has 0 aliphatic rings. The molecule has 1 aromatic heterocycles. The number of benzene rings is 1. The summed E-state index contributed by atoms with van der Waals surface area (Å²) >= 11 is 0. The third kappa shape index (κ3) is 3.24. The van der Waals surface area contributed by atoms with E-state index in [1.807, 2.05) is 40.7 Å². The Balaban J connectivity index is 2.39. The molecule has 1 aromatic carbocycles. The molecule has 2 aromatic rings. The van der Waals surface area contributed by atoms with Gasteiger partial charge in [0.2, 0.25) is 11.8 Å². The van der Waals surface area contributed by atoms with Gasteiger partial charge in [-0.1, -0.05) is 12.1 Å². The molecule has 0 aliphatic carbocycles. The highest BCUT2D eigenvalue weighted by atomic mass is 16.5. The predicted octanol–water partition coefficient (Wildman–Crippen LogP) is 3.56. The minimum Gasteiger partial charge on any atom is -0.473 e. The molecule has 21 heavy (non-hydrogen) atoms. The van der Waals surface area contributed by atoms with Crippen LogP contribution in [0, 0.1) is 20.8 Å². The van der Waals surface area contributed by atoms with Crippen molar-refractivity contribution in [1.82, 2.24) is 9.97 Å². The number of aryl methyl sites for hydroxylation is 2. The third-order valence-electron chi connectivity index (χ3n) is 3.23. The van der Waals surface area contributed by atoms with Crippen LogP contribution in [-0.2, 0) is 0 Å². The van der Waals surface area contributed by atoms with Crippen LogP contribution in [-0.4, -0.2) is 16.1 Å². The Morgan fingerprint density at radius 1 is 1.00 bits per heavy atom. The molecule has 0 saturated carbocycles. The third-order valence-corrected chi connectivity index (χ3v) is 3.23. The second-order valence-corrected chi connectivity index (χ2v) is 5.32. The van der Waals surface area contributed by atoms with Gasteiger partial charge in [0.1, 0.15) is 12.1 Å². The van der Waals surface area contributed by atoms with E-state index >= 15 is 0 Å². The van der Waals surface area contributed by atoms with E-state index in [2.05, 4.69) is 16.0 Å². The fourth-order valence-corrected chi connectivity index (χ4v) is 1.94. The summed E-state index contributed by atoms with van der Waals surface area (Å²) in [7, 11) is 0. The fraction of sp³-hybridized carbons (Fsp3) is 0.375. The SMILES string of the molecule is Cc1ccc(C)c(Oc2ncnc(OC(C)C)c2N)c1C. The Bertz CT molecular complexity index is 654. The fourth-order valence-electron chi connectivity index (χ4n) is 1.94. The average Bonchev–Trinajstić information content (AvgIpc) is 2.42. The maximum absolute atomic E-state index is 6.04. The van der Waals surface area contributed by atoms with Crippen LogP contribution in [0.25, 0.3) is 0 Å². The van der Waals surface area contributed by atoms with Crippen molar-refractivity contribution in [3.63, 3.8) is 0 Å². The molecule has 0 atom stereocenters. The number of nitrogens with zero attached hydrogens (tertiary/aromatic N) is 2. The van der Waals surface area contributed by atoms with E-state index < -0.39 is 0 Å². The van der Waals surface area contributed by atoms with Crippen LogP contribution < -0.4 is 15.2 Å². The molecule has 0 radical (unpaired) electrons. The summed E-state index contributed by atoms with van der Waals surface area (Å²) in [5.74, 6) is 1.44. The second-order valence-electron chi connectivity index (χ2n) is 5.32. The maximum Gasteiger partial charge on any atom is 0.249 e. The standard InChI is InChI=1S/C16H21N3O2/c1-9(2)20-15-13(17)16(19-8-18-15)21-14-11(4)7-6-10(3)12(14)5/h6-9H,17H2,1-5H3. The lowest BCUT2D eigenvalue weighted by atomic mass is 10.1. The van der Waals surface area contributed by atoms with Gasteiger partial charge in [0.05, 0.1) is 6.10 Å². The molecule has 0 amide bonds. The Morgan fingerprint density at radius 3 is 2.29 bits per heavy atom. The van der Waals surface area contributed by atoms with E-state index in [1.54, 1.807) is 0 Å². The lowest BCUT2D eigenvalue weighted by molar-refractivity contribution is 0.232. The summed E-state index contributed by atoms with van der Waals surface area (Å²) in [6.07, 6.45) is 1.38. The topological polar surface area (TPSA) is 70.3 Å². The minimum absolute atomic E-state index is 0.0162. The van der Waals surface area contributed by atoms with Crippen molar-refractivity contribution in [2.24, 2.45) is 0 Å². The molecule has 5 nitrogen and oxygen atoms in total. The van der Waals surface area contributed by atoms with Crippen molar-refractivity contribution in [3.05, 3.63) is 35.2 Å². The number of aromatic nitrogens is 2. The number of hydrogen-bond acceptors (Lipinski definition) is 5. The van der Waals surface area contributed by atoms with Gasteiger partial charge in [-0.05, 0) is 51.3 Å². The van der Waals surface area contributed by atoms with Gasteiger partial charge in [-0.15, -0.1) is 0 Å². The van der Waals surface area contributed by atoms with Crippen LogP contribution in [0.2, 0.25) is 0 Å². The number of ether oxygens (including phenoxy) is 2. The van der Waals surface area contributed by atoms with Crippen LogP contribution in [0.15, 0.2) is 18.5 Å². The van der Waals surface area contributed by atoms with Crippen molar-refractivity contribution in [2.45, 2.75) is 40.7 Å². The molecule has 0 saturated heterocycles. The number of nitrogens with two attached hydrogens (primary N) is 1. The molecular weight excluding hydrogens is 266 g/mol. The van der Waals surface area contributed by atoms with Crippen LogP contribution in [0.3, 0.4) is 0 Å². The van der Waals surface area contributed by atoms with Gasteiger partial charge < -0.3 is 15.2 Å². The van der Waals surface area contributed by atoms with Gasteiger partial charge >= 0.3 is 0 Å². The molecule has 0 fully saturated rings. The van der Waals surface area contributed by atoms with Crippen LogP contribution in [0.1, 0.15) is 30.5 Å². The molecule has 0 aliphatic heterocycles. The van der Waals surface area contributed by atoms with E-state index in [1.165, 1.54) is 6.33 Å². The maximum atomic E-state index is 6.04. The molecule has 5 heteroatoms. The first kappa shape index (κ1) is 15.1. The first-order valence-corrected chi connectivity index (χ1v) is 6.92. The summed E-state index contributed by atoms with van der Waals surface area (Å²) in [4.78, 5) is 8.16. The zero-order valence-electron chi connectivity index (χ0n) is 13.1. The van der Waals surface area contributed by atoms with Gasteiger partial charge in [-0.3, -0.25) is 0 Å². The predicted molar refractivity (Wildman–Crippen MR) is 82.9 cm³/mol. The van der Waals surface area contributed by atoms with Crippen molar-refractivity contribution in [2.75, 3.05) is 5.73 Å². The molecule has 112 valence electrons. The molecule has 1 heterocycles. The van der Waals surface area contributed by atoms with Crippen LogP contribution in [0.5, 0.6) is 17.5 Å². The second kappa shape index (κ2) is 5.99. The first-order valence-electron chi connectivity index (χ1n) is 6.92. The van der Waals surface area contributed by atoms with Gasteiger partial charge in [0.25, 0.3) is 0 Å². The summed E-state index contributed by atoms with van der Waals surface area (Å²) in [6.45, 7) is 9.87. The van der Waals surface area contributed by atoms with Gasteiger partial charge in [-0.25, -0.2) is 0 Å². The van der Waals surface area contributed by atoms with Gasteiger partial charge in [-0.2, -0.15) is 9.97 Å². The molecule has 0 spiro atoms. The lowest BCUT2D eigenvalue weighted by Crippen LogP contribution is -2.10. The molecule has 0 unspecified atom stereocenters. The van der Waals surface area contributed by atoms with E-state index in [9.17, 15) is 0 Å². The summed E-state index contributed by atoms with van der Waals surface area (Å²) < 4.78 is 11.5. The smallest absolute Gasteiger partial charge is 0.249 e. The average molecular weight is 287 g/mol. The minimum atomic E-state index is -0.0162. The Morgan fingerprint density at radius 2 is 1.62 bits per heavy atom. The first-order chi connectivity index (χ1) is 9.90. The zero-order chi connectivity index (χ0) is 15.6. The van der Waals surface area contributed by atoms with Crippen molar-refractivity contribution in [1.29, 1.82) is 0 Å². The Labute approximate surface area is 125 Å². The normalized spacial score (nSPS) is 10.8. The Kier molecular flexibility index (Phi) is 4.31. The monoisotopic (exact) mass is 287 g/mol. The highest BCUT2D eigenvalue weighted by Gasteiger charge is 2.15. The largest absolute Gasteiger partial charge is 0.473 e. The Hall–Kier alpha value is -2.30. The number of nitrogen functional groups attached to an aromatic ring is 1. The summed E-state index contributed by atoms with van der Waals surface area (Å²) in [5.41, 5.74) is 9.61. The summed E-state index contributed by atoms with van der Waals surface area (Å²) in [5, 5.41) is 0. The van der Waals surface area contributed by atoms with Crippen molar-refractivity contribution in [3.8, 4) is 17.5 Å². The molecule has 0 bridgehead atoms. The van der Waals surface area contributed by atoms with Crippen molar-refractivity contribution < 1.29 is 9.47 Å². The number of anilines is 1. The lowest BCUT2D eigenvalue weighted by Gasteiger charge is -2.16. The van der Waals surface area contributed by atoms with Gasteiger partial charge in [0, 0.05) is 0 Å². The highest BCUT2D eigenvalue weighted by molar-refractivity contribution is 5.58. The van der Waals surface area contributed by atoms with Crippen molar-refractivity contribution >= 4 is 5.69 Å². The molecule has 2 N–H and O–H groups in total. The highest BCUT2D eigenvalue weighted by Crippen LogP contribution is 2.35. The zero-order valence-corrected chi connectivity index (χ0v) is 13.1. The van der Waals surface area contributed by atoms with E-state index in [4.69, 9.17) is 15.2 Å². The van der Waals surface area contributed by atoms with E-state index in [0.29, 0.717) is 17.4 Å². The molecular formula is C16H21N3O2. The quantitative estimate of drug-likeness (QED) is 0.931. The number of rotatable bonds is 4. The van der Waals surface area contributed by atoms with Crippen LogP contribution >= 0.6 is 0 Å². The summed E-state index contributed by atoms with van der Waals surface area (Å²) in [6, 6.07) is 4.08. The van der Waals surface area contributed by atoms with E-state index in [-0.39, 0.29) is 6.10 Å². The van der Waals surface area contributed by atoms with Gasteiger partial charge in [0.15, 0.2) is 5.69 Å². The van der Waals surface area contributed by atoms with E-state index in [0.717, 1.165) is 22.4 Å². The molecule has 2 rings (SSSR count). The van der Waals surface area contributed by atoms with Crippen LogP contribution in [0.4, 0.5) is 5.69 Å². The number of hydrogen-bond donors (Lipinski definition) is 1.